The molecule has 0 spiro atoms. The fourth-order valence-electron chi connectivity index (χ4n) is 0. The number of hydrogen-bond acceptors (Lipinski definition) is 0. The summed E-state index contributed by atoms with van der Waals surface area (Å²) < 4.78 is 0. The van der Waals surface area contributed by atoms with E-state index in [0.29, 0.717) is 0 Å². The van der Waals surface area contributed by atoms with E-state index in [9.17, 15) is 0 Å². The van der Waals surface area contributed by atoms with Crippen molar-refractivity contribution in [2.75, 3.05) is 0 Å². The zero-order valence-corrected chi connectivity index (χ0v) is 13.7. The Kier molecular flexibility index (Phi) is 159. The van der Waals surface area contributed by atoms with Crippen LogP contribution in [0.15, 0.2) is 0 Å². The van der Waals surface area contributed by atoms with Gasteiger partial charge in [-0.2, -0.15) is 0 Å². The first-order valence-electron chi connectivity index (χ1n) is 0. The van der Waals surface area contributed by atoms with Crippen molar-refractivity contribution in [3.63, 3.8) is 0 Å². The van der Waals surface area contributed by atoms with Crippen molar-refractivity contribution in [1.82, 2.24) is 0 Å². The Balaban J connectivity index is 0. The van der Waals surface area contributed by atoms with Gasteiger partial charge < -0.3 is 5.48 Å². The summed E-state index contributed by atoms with van der Waals surface area (Å²) in [5.74, 6) is 0. The summed E-state index contributed by atoms with van der Waals surface area (Å²) in [6.45, 7) is 0. The van der Waals surface area contributed by atoms with Gasteiger partial charge in [0.1, 0.15) is 0 Å². The van der Waals surface area contributed by atoms with Gasteiger partial charge in [-0.15, -0.1) is 0 Å². The third-order valence-corrected chi connectivity index (χ3v) is 0. The molecule has 0 atom stereocenters. The van der Waals surface area contributed by atoms with Crippen LogP contribution >= 0.6 is 0 Å². The van der Waals surface area contributed by atoms with E-state index >= 15 is 0 Å². The molecule has 0 saturated heterocycles. The van der Waals surface area contributed by atoms with Gasteiger partial charge in [0.2, 0.25) is 0 Å². The van der Waals surface area contributed by atoms with Gasteiger partial charge in [0.05, 0.1) is 0 Å². The quantitative estimate of drug-likeness (QED) is 0.373. The first kappa shape index (κ1) is 34.0. The predicted octanol–water partition coefficient (Wildman–Crippen LogP) is -2.93. The minimum Gasteiger partial charge on any atom is 0 e. The van der Waals surface area contributed by atoms with Crippen LogP contribution in [-0.4, -0.2) is 55.3 Å². The van der Waals surface area contributed by atoms with Crippen LogP contribution < -0.4 is 0 Å². The van der Waals surface area contributed by atoms with E-state index in [0.717, 1.165) is 0 Å². The molecule has 0 radical (unpaired) electrons. The first-order valence-corrected chi connectivity index (χ1v) is 0. The summed E-state index contributed by atoms with van der Waals surface area (Å²) in [6.07, 6.45) is 0. The Morgan fingerprint density at radius 2 is 1.00 bits per heavy atom. The Hall–Kier alpha value is 2.26. The van der Waals surface area contributed by atoms with E-state index in [1.54, 1.807) is 0 Å². The van der Waals surface area contributed by atoms with Crippen LogP contribution in [0.25, 0.3) is 0 Å². The maximum atomic E-state index is 0. The van der Waals surface area contributed by atoms with Crippen molar-refractivity contribution in [1.29, 1.82) is 0 Å². The molecule has 0 aromatic heterocycles. The Morgan fingerprint density at radius 1 is 1.00 bits per heavy atom. The van der Waals surface area contributed by atoms with Crippen LogP contribution in [-0.2, 0) is 19.5 Å². The third-order valence-electron chi connectivity index (χ3n) is 0. The van der Waals surface area contributed by atoms with Crippen LogP contribution in [0.2, 0.25) is 0 Å². The summed E-state index contributed by atoms with van der Waals surface area (Å²) in [5.41, 5.74) is 0. The predicted molar refractivity (Wildman–Crippen MR) is 22.1 cm³/mol. The van der Waals surface area contributed by atoms with Crippen LogP contribution in [0.4, 0.5) is 0 Å². The van der Waals surface area contributed by atoms with Gasteiger partial charge in [0.15, 0.2) is 0 Å². The molecule has 0 amide bonds. The van der Waals surface area contributed by atoms with Gasteiger partial charge in [0, 0.05) is 19.5 Å². The fourth-order valence-corrected chi connectivity index (χ4v) is 0. The molecule has 0 saturated carbocycles. The maximum absolute atomic E-state index is 0. The standard InChI is InChI=1S/Bi.H2O.H2Te.Zn.3H/h;2*1H2;;;;. The van der Waals surface area contributed by atoms with Crippen LogP contribution in [0.3, 0.4) is 0 Å². The van der Waals surface area contributed by atoms with Gasteiger partial charge in [-0.3, -0.25) is 0 Å². The molecule has 4 heteroatoms. The van der Waals surface area contributed by atoms with E-state index in [4.69, 9.17) is 0 Å². The van der Waals surface area contributed by atoms with Crippen LogP contribution in [0.1, 0.15) is 0 Å². The molecule has 4 heavy (non-hydrogen) atoms. The second kappa shape index (κ2) is 18.7. The Bertz CT molecular complexity index is 8.00. The summed E-state index contributed by atoms with van der Waals surface area (Å²) >= 11 is 0. The average molecular weight is 425 g/mol. The number of rotatable bonds is 0. The van der Waals surface area contributed by atoms with E-state index < -0.39 is 0 Å². The summed E-state index contributed by atoms with van der Waals surface area (Å²) in [6, 6.07) is 0. The van der Waals surface area contributed by atoms with Gasteiger partial charge in [-0.1, -0.05) is 0 Å². The van der Waals surface area contributed by atoms with Crippen molar-refractivity contribution in [3.8, 4) is 0 Å². The van der Waals surface area contributed by atoms with Crippen molar-refractivity contribution < 1.29 is 25.0 Å². The fraction of sp³-hybridized carbons (Fsp3) is 0. The zero-order valence-electron chi connectivity index (χ0n) is 2.41. The van der Waals surface area contributed by atoms with E-state index in [-0.39, 0.29) is 74.8 Å². The van der Waals surface area contributed by atoms with Crippen molar-refractivity contribution >= 4 is 49.9 Å². The molecule has 0 aliphatic heterocycles. The summed E-state index contributed by atoms with van der Waals surface area (Å²) in [7, 11) is 0. The largest absolute Gasteiger partial charge is 0 e. The second-order valence-electron chi connectivity index (χ2n) is 0. The molecule has 0 rings (SSSR count). The van der Waals surface area contributed by atoms with E-state index in [1.807, 2.05) is 0 Å². The summed E-state index contributed by atoms with van der Waals surface area (Å²) in [5, 5.41) is 0. The molecule has 0 unspecified atom stereocenters. The van der Waals surface area contributed by atoms with Gasteiger partial charge >= 0.3 is 49.9 Å². The van der Waals surface area contributed by atoms with Crippen molar-refractivity contribution in [2.24, 2.45) is 0 Å². The molecule has 2 N–H and O–H groups in total. The zero-order chi connectivity index (χ0) is 0. The van der Waals surface area contributed by atoms with Crippen molar-refractivity contribution in [2.45, 2.75) is 0 Å². The molecule has 0 fully saturated rings. The molecule has 1 nitrogen and oxygen atoms in total. The van der Waals surface area contributed by atoms with E-state index in [1.165, 1.54) is 0 Å². The monoisotopic (exact) mass is 426 g/mol. The topological polar surface area (TPSA) is 31.5 Å². The third kappa shape index (κ3) is 8.87. The normalized spacial score (nSPS) is 0. The minimum atomic E-state index is 0. The molecule has 0 aliphatic rings. The molecule has 0 aromatic rings. The summed E-state index contributed by atoms with van der Waals surface area (Å²) in [4.78, 5) is 0. The van der Waals surface area contributed by atoms with Crippen LogP contribution in [0, 0.1) is 0 Å². The number of hydrogen-bond donors (Lipinski definition) is 0. The molecule has 0 bridgehead atoms. The second-order valence-corrected chi connectivity index (χ2v) is 0. The maximum Gasteiger partial charge on any atom is 0 e. The molecular formula is H7BiOTeZn. The average Bonchev–Trinajstić information content (AvgIpc) is 0. The molecular weight excluding hydrogens is 418 g/mol. The van der Waals surface area contributed by atoms with Gasteiger partial charge in [-0.25, -0.2) is 0 Å². The Morgan fingerprint density at radius 3 is 1.00 bits per heavy atom. The molecule has 0 aliphatic carbocycles. The molecule has 26 valence electrons. The van der Waals surface area contributed by atoms with Gasteiger partial charge in [-0.05, 0) is 0 Å². The smallest absolute Gasteiger partial charge is 0 e. The SMILES string of the molecule is O.[BiH3].[TeH2].[Zn]. The van der Waals surface area contributed by atoms with Crippen molar-refractivity contribution in [3.05, 3.63) is 0 Å². The molecule has 0 heterocycles. The minimum absolute atomic E-state index is 0. The van der Waals surface area contributed by atoms with E-state index in [2.05, 4.69) is 0 Å². The first-order chi connectivity index (χ1) is 0. The molecule has 0 aromatic carbocycles. The Labute approximate surface area is 73.8 Å². The van der Waals surface area contributed by atoms with Gasteiger partial charge in [0.25, 0.3) is 0 Å². The van der Waals surface area contributed by atoms with Crippen LogP contribution in [0.5, 0.6) is 0 Å².